The van der Waals surface area contributed by atoms with E-state index in [-0.39, 0.29) is 48.6 Å². The molecule has 0 saturated carbocycles. The monoisotopic (exact) mass is 596 g/mol. The first kappa shape index (κ1) is 27.5. The van der Waals surface area contributed by atoms with Gasteiger partial charge in [0.1, 0.15) is 5.75 Å². The number of benzene rings is 4. The van der Waals surface area contributed by atoms with Crippen molar-refractivity contribution in [3.05, 3.63) is 130 Å². The van der Waals surface area contributed by atoms with Gasteiger partial charge in [-0.1, -0.05) is 78.9 Å². The van der Waals surface area contributed by atoms with Crippen LogP contribution >= 0.6 is 0 Å². The molecule has 7 heteroatoms. The van der Waals surface area contributed by atoms with E-state index in [0.717, 1.165) is 27.8 Å². The van der Waals surface area contributed by atoms with Crippen LogP contribution in [0.5, 0.6) is 5.75 Å². The second-order valence-electron chi connectivity index (χ2n) is 12.7. The van der Waals surface area contributed by atoms with Gasteiger partial charge in [-0.15, -0.1) is 0 Å². The zero-order valence-electron chi connectivity index (χ0n) is 25.1. The standard InChI is InChI=1S/C38H32N2O5/c1-21-18-25(45-38(44)24-19-31(41)39(20-24)22(2)23-10-4-3-5-11-23)16-17-30(21)40-36(42)34-32-26-12-6-7-13-27(26)33(35(34)37(40)43)29-15-9-8-14-28(29)32/h3-18,22,24,32-35H,19-20H2,1-2H3/t22-,24-,32?,33?,34+,35+/m1/s1. The minimum Gasteiger partial charge on any atom is -0.426 e. The van der Waals surface area contributed by atoms with Gasteiger partial charge in [0.2, 0.25) is 17.7 Å². The normalized spacial score (nSPS) is 25.2. The van der Waals surface area contributed by atoms with Gasteiger partial charge in [0.15, 0.2) is 0 Å². The van der Waals surface area contributed by atoms with Crippen LogP contribution in [0.2, 0.25) is 0 Å². The Labute approximate surface area is 261 Å². The Bertz CT molecular complexity index is 1790. The van der Waals surface area contributed by atoms with E-state index in [4.69, 9.17) is 4.74 Å². The fourth-order valence-electron chi connectivity index (χ4n) is 8.23. The molecule has 4 atom stereocenters. The molecule has 224 valence electrons. The molecule has 9 rings (SSSR count). The van der Waals surface area contributed by atoms with E-state index in [1.165, 1.54) is 4.90 Å². The van der Waals surface area contributed by atoms with E-state index >= 15 is 0 Å². The predicted octanol–water partition coefficient (Wildman–Crippen LogP) is 5.91. The van der Waals surface area contributed by atoms with Crippen molar-refractivity contribution in [3.8, 4) is 5.75 Å². The van der Waals surface area contributed by atoms with Crippen molar-refractivity contribution in [2.45, 2.75) is 38.1 Å². The SMILES string of the molecule is Cc1cc(OC(=O)[C@@H]2CC(=O)N([C@H](C)c3ccccc3)C2)ccc1N1C(=O)[C@H]2C3c4ccccc4C(c4ccccc43)[C@@H]2C1=O. The highest BCUT2D eigenvalue weighted by molar-refractivity contribution is 6.23. The Morgan fingerprint density at radius 3 is 1.82 bits per heavy atom. The lowest BCUT2D eigenvalue weighted by Gasteiger charge is -2.45. The number of carbonyl (C=O) groups is 4. The van der Waals surface area contributed by atoms with Gasteiger partial charge in [0.05, 0.1) is 29.5 Å². The van der Waals surface area contributed by atoms with Crippen molar-refractivity contribution < 1.29 is 23.9 Å². The molecule has 2 bridgehead atoms. The van der Waals surface area contributed by atoms with E-state index in [1.807, 2.05) is 68.4 Å². The highest BCUT2D eigenvalue weighted by atomic mass is 16.5. The van der Waals surface area contributed by atoms with Gasteiger partial charge < -0.3 is 9.64 Å². The molecule has 0 radical (unpaired) electrons. The Balaban J connectivity index is 1.03. The summed E-state index contributed by atoms with van der Waals surface area (Å²) < 4.78 is 5.75. The molecule has 0 N–H and O–H groups in total. The zero-order chi connectivity index (χ0) is 31.0. The maximum Gasteiger partial charge on any atom is 0.316 e. The number of carbonyl (C=O) groups excluding carboxylic acids is 4. The van der Waals surface area contributed by atoms with Crippen molar-refractivity contribution in [1.29, 1.82) is 0 Å². The molecule has 2 heterocycles. The summed E-state index contributed by atoms with van der Waals surface area (Å²) in [6, 6.07) is 31.0. The number of hydrogen-bond donors (Lipinski definition) is 0. The lowest BCUT2D eigenvalue weighted by Crippen LogP contribution is -2.41. The van der Waals surface area contributed by atoms with E-state index < -0.39 is 23.7 Å². The topological polar surface area (TPSA) is 84.0 Å². The van der Waals surface area contributed by atoms with Crippen LogP contribution in [0, 0.1) is 24.7 Å². The molecule has 4 aromatic rings. The van der Waals surface area contributed by atoms with Crippen LogP contribution in [0.25, 0.3) is 0 Å². The summed E-state index contributed by atoms with van der Waals surface area (Å²) in [6.07, 6.45) is 0.0970. The number of likely N-dealkylation sites (tertiary alicyclic amines) is 1. The molecule has 0 aromatic heterocycles. The molecular weight excluding hydrogens is 564 g/mol. The van der Waals surface area contributed by atoms with Gasteiger partial charge in [0.25, 0.3) is 0 Å². The summed E-state index contributed by atoms with van der Waals surface area (Å²) in [5.41, 5.74) is 6.70. The molecule has 3 aliphatic carbocycles. The van der Waals surface area contributed by atoms with E-state index in [2.05, 4.69) is 24.3 Å². The maximum atomic E-state index is 14.2. The molecule has 4 aromatic carbocycles. The largest absolute Gasteiger partial charge is 0.426 e. The first-order valence-electron chi connectivity index (χ1n) is 15.6. The highest BCUT2D eigenvalue weighted by Crippen LogP contribution is 2.61. The van der Waals surface area contributed by atoms with Crippen molar-refractivity contribution in [2.24, 2.45) is 17.8 Å². The Hall–Kier alpha value is -5.04. The molecule has 3 amide bonds. The molecule has 5 aliphatic rings. The second kappa shape index (κ2) is 10.3. The molecule has 7 nitrogen and oxygen atoms in total. The number of rotatable bonds is 5. The maximum absolute atomic E-state index is 14.2. The van der Waals surface area contributed by atoms with Crippen LogP contribution in [0.1, 0.15) is 64.6 Å². The average molecular weight is 597 g/mol. The van der Waals surface area contributed by atoms with Crippen LogP contribution in [0.15, 0.2) is 97.1 Å². The molecule has 2 saturated heterocycles. The second-order valence-corrected chi connectivity index (χ2v) is 12.7. The Kier molecular flexibility index (Phi) is 6.27. The van der Waals surface area contributed by atoms with Crippen LogP contribution in [0.3, 0.4) is 0 Å². The van der Waals surface area contributed by atoms with Crippen molar-refractivity contribution in [2.75, 3.05) is 11.4 Å². The lowest BCUT2D eigenvalue weighted by atomic mass is 9.55. The summed E-state index contributed by atoms with van der Waals surface area (Å²) in [5.74, 6) is -2.46. The average Bonchev–Trinajstić information content (AvgIpc) is 3.58. The van der Waals surface area contributed by atoms with Gasteiger partial charge >= 0.3 is 5.97 Å². The van der Waals surface area contributed by atoms with E-state index in [0.29, 0.717) is 17.0 Å². The van der Waals surface area contributed by atoms with Crippen molar-refractivity contribution >= 4 is 29.4 Å². The third-order valence-corrected chi connectivity index (χ3v) is 10.3. The zero-order valence-corrected chi connectivity index (χ0v) is 25.1. The van der Waals surface area contributed by atoms with Crippen LogP contribution < -0.4 is 9.64 Å². The van der Waals surface area contributed by atoms with Crippen LogP contribution in [-0.4, -0.2) is 35.1 Å². The molecule has 0 unspecified atom stereocenters. The number of hydrogen-bond acceptors (Lipinski definition) is 5. The molecule has 2 fully saturated rings. The van der Waals surface area contributed by atoms with Crippen molar-refractivity contribution in [3.63, 3.8) is 0 Å². The molecule has 45 heavy (non-hydrogen) atoms. The van der Waals surface area contributed by atoms with E-state index in [9.17, 15) is 19.2 Å². The number of anilines is 1. The first-order valence-corrected chi connectivity index (χ1v) is 15.6. The molecular formula is C38H32N2O5. The van der Waals surface area contributed by atoms with Gasteiger partial charge in [-0.25, -0.2) is 4.90 Å². The van der Waals surface area contributed by atoms with Gasteiger partial charge in [-0.2, -0.15) is 0 Å². The fraction of sp³-hybridized carbons (Fsp3) is 0.263. The highest BCUT2D eigenvalue weighted by Gasteiger charge is 2.61. The molecule has 0 spiro atoms. The lowest BCUT2D eigenvalue weighted by molar-refractivity contribution is -0.139. The summed E-state index contributed by atoms with van der Waals surface area (Å²) in [6.45, 7) is 4.07. The van der Waals surface area contributed by atoms with Crippen LogP contribution in [-0.2, 0) is 19.2 Å². The summed E-state index contributed by atoms with van der Waals surface area (Å²) >= 11 is 0. The minimum absolute atomic E-state index is 0.0781. The first-order chi connectivity index (χ1) is 21.8. The minimum atomic E-state index is -0.577. The number of imide groups is 1. The number of ether oxygens (including phenoxy) is 1. The Morgan fingerprint density at radius 1 is 0.756 bits per heavy atom. The van der Waals surface area contributed by atoms with Gasteiger partial charge in [-0.3, -0.25) is 19.2 Å². The molecule has 2 aliphatic heterocycles. The van der Waals surface area contributed by atoms with Crippen LogP contribution in [0.4, 0.5) is 5.69 Å². The quantitative estimate of drug-likeness (QED) is 0.163. The van der Waals surface area contributed by atoms with Gasteiger partial charge in [-0.05, 0) is 65.4 Å². The number of amides is 3. The van der Waals surface area contributed by atoms with Crippen molar-refractivity contribution in [1.82, 2.24) is 4.90 Å². The third-order valence-electron chi connectivity index (χ3n) is 10.3. The van der Waals surface area contributed by atoms with Gasteiger partial charge in [0, 0.05) is 24.8 Å². The number of esters is 1. The summed E-state index contributed by atoms with van der Waals surface area (Å²) in [7, 11) is 0. The number of nitrogens with zero attached hydrogens (tertiary/aromatic N) is 2. The third kappa shape index (κ3) is 4.10. The predicted molar refractivity (Wildman–Crippen MR) is 168 cm³/mol. The summed E-state index contributed by atoms with van der Waals surface area (Å²) in [5, 5.41) is 0. The fourth-order valence-corrected chi connectivity index (χ4v) is 8.23. The summed E-state index contributed by atoms with van der Waals surface area (Å²) in [4.78, 5) is 57.4. The number of aryl methyl sites for hydroxylation is 1. The van der Waals surface area contributed by atoms with E-state index in [1.54, 1.807) is 23.1 Å². The smallest absolute Gasteiger partial charge is 0.316 e. The Morgan fingerprint density at radius 2 is 1.29 bits per heavy atom.